The fourth-order valence-electron chi connectivity index (χ4n) is 3.89. The zero-order chi connectivity index (χ0) is 20.9. The first-order chi connectivity index (χ1) is 14.5. The summed E-state index contributed by atoms with van der Waals surface area (Å²) in [4.78, 5) is 17.2. The van der Waals surface area contributed by atoms with Crippen LogP contribution in [0.15, 0.2) is 56.8 Å². The van der Waals surface area contributed by atoms with E-state index in [9.17, 15) is 18.3 Å². The zero-order valence-corrected chi connectivity index (χ0v) is 16.6. The van der Waals surface area contributed by atoms with Gasteiger partial charge in [-0.05, 0) is 24.6 Å². The van der Waals surface area contributed by atoms with Crippen LogP contribution in [0, 0.1) is 5.92 Å². The van der Waals surface area contributed by atoms with Crippen LogP contribution in [-0.2, 0) is 21.3 Å². The maximum atomic E-state index is 13.4. The van der Waals surface area contributed by atoms with E-state index in [2.05, 4.69) is 14.7 Å². The maximum absolute atomic E-state index is 13.4. The number of fused-ring (bicyclic) bond motifs is 2. The van der Waals surface area contributed by atoms with Crippen molar-refractivity contribution in [2.45, 2.75) is 17.9 Å². The second-order valence-corrected chi connectivity index (χ2v) is 8.87. The van der Waals surface area contributed by atoms with Gasteiger partial charge in [-0.25, -0.2) is 0 Å². The molecule has 4 heterocycles. The number of pyridine rings is 2. The monoisotopic (exact) mass is 426 g/mol. The number of hydrogen-bond donors (Lipinski definition) is 2. The molecule has 9 nitrogen and oxygen atoms in total. The summed E-state index contributed by atoms with van der Waals surface area (Å²) in [5, 5.41) is 14.2. The molecule has 2 aliphatic heterocycles. The van der Waals surface area contributed by atoms with Crippen LogP contribution in [-0.4, -0.2) is 42.1 Å². The van der Waals surface area contributed by atoms with Gasteiger partial charge in [0.2, 0.25) is 0 Å². The van der Waals surface area contributed by atoms with Crippen LogP contribution in [0.5, 0.6) is 5.75 Å². The first kappa shape index (κ1) is 18.8. The average molecular weight is 426 g/mol. The van der Waals surface area contributed by atoms with Crippen LogP contribution in [0.4, 0.5) is 5.69 Å². The molecule has 1 fully saturated rings. The summed E-state index contributed by atoms with van der Waals surface area (Å²) in [5.74, 6) is -0.368. The van der Waals surface area contributed by atoms with E-state index in [0.717, 1.165) is 6.42 Å². The summed E-state index contributed by atoms with van der Waals surface area (Å²) in [6.07, 6.45) is 3.45. The highest BCUT2D eigenvalue weighted by atomic mass is 32.2. The quantitative estimate of drug-likeness (QED) is 0.653. The van der Waals surface area contributed by atoms with Crippen molar-refractivity contribution in [3.63, 3.8) is 0 Å². The summed E-state index contributed by atoms with van der Waals surface area (Å²) in [6.45, 7) is 1.58. The van der Waals surface area contributed by atoms with Gasteiger partial charge in [-0.2, -0.15) is 8.42 Å². The third-order valence-electron chi connectivity index (χ3n) is 5.37. The van der Waals surface area contributed by atoms with Crippen molar-refractivity contribution in [2.24, 2.45) is 10.3 Å². The lowest BCUT2D eigenvalue weighted by atomic mass is 10.1. The molecule has 0 spiro atoms. The van der Waals surface area contributed by atoms with Crippen molar-refractivity contribution in [1.82, 2.24) is 9.55 Å². The standard InChI is InChI=1S/C20H18N4O5S/c25-18-13-3-1-2-4-15(13)24(10-12-6-8-29-11-12)20(26)17(18)19-22-14-5-7-21-9-16(14)30(27,28)23-19/h1-5,7,9,12,25H,6,8,10-11H2,(H,22,23). The number of benzene rings is 1. The second kappa shape index (κ2) is 6.92. The minimum Gasteiger partial charge on any atom is -0.506 e. The number of para-hydroxylation sites is 1. The van der Waals surface area contributed by atoms with E-state index in [1.54, 1.807) is 28.8 Å². The van der Waals surface area contributed by atoms with E-state index in [1.807, 2.05) is 0 Å². The van der Waals surface area contributed by atoms with Gasteiger partial charge >= 0.3 is 0 Å². The Kier molecular flexibility index (Phi) is 4.33. The molecule has 5 rings (SSSR count). The fourth-order valence-corrected chi connectivity index (χ4v) is 4.95. The van der Waals surface area contributed by atoms with Crippen LogP contribution in [0.3, 0.4) is 0 Å². The molecule has 0 radical (unpaired) electrons. The summed E-state index contributed by atoms with van der Waals surface area (Å²) < 4.78 is 36.0. The van der Waals surface area contributed by atoms with Crippen LogP contribution >= 0.6 is 0 Å². The minimum absolute atomic E-state index is 0.0857. The molecule has 1 saturated heterocycles. The van der Waals surface area contributed by atoms with Crippen LogP contribution in [0.1, 0.15) is 12.0 Å². The summed E-state index contributed by atoms with van der Waals surface area (Å²) >= 11 is 0. The lowest BCUT2D eigenvalue weighted by Gasteiger charge is -2.21. The summed E-state index contributed by atoms with van der Waals surface area (Å²) in [5.41, 5.74) is 0.118. The van der Waals surface area contributed by atoms with Crippen molar-refractivity contribution >= 4 is 32.4 Å². The van der Waals surface area contributed by atoms with Gasteiger partial charge < -0.3 is 19.7 Å². The summed E-state index contributed by atoms with van der Waals surface area (Å²) in [7, 11) is -4.08. The Hall–Kier alpha value is -3.24. The first-order valence-corrected chi connectivity index (χ1v) is 10.9. The van der Waals surface area contributed by atoms with E-state index in [0.29, 0.717) is 30.7 Å². The number of nitrogens with one attached hydrogen (secondary N) is 1. The molecular formula is C20H18N4O5S. The van der Waals surface area contributed by atoms with E-state index in [-0.39, 0.29) is 33.6 Å². The Morgan fingerprint density at radius 2 is 2.10 bits per heavy atom. The van der Waals surface area contributed by atoms with E-state index >= 15 is 0 Å². The molecule has 30 heavy (non-hydrogen) atoms. The largest absolute Gasteiger partial charge is 0.506 e. The number of aromatic hydroxyl groups is 1. The van der Waals surface area contributed by atoms with Gasteiger partial charge in [-0.1, -0.05) is 12.1 Å². The van der Waals surface area contributed by atoms with E-state index < -0.39 is 15.6 Å². The highest BCUT2D eigenvalue weighted by Crippen LogP contribution is 2.32. The number of hydrogen-bond acceptors (Lipinski definition) is 7. The second-order valence-electron chi connectivity index (χ2n) is 7.30. The predicted molar refractivity (Wildman–Crippen MR) is 110 cm³/mol. The Morgan fingerprint density at radius 1 is 1.27 bits per heavy atom. The molecule has 0 saturated carbocycles. The third kappa shape index (κ3) is 2.96. The molecule has 0 aliphatic carbocycles. The molecule has 0 amide bonds. The van der Waals surface area contributed by atoms with E-state index in [1.165, 1.54) is 18.5 Å². The third-order valence-corrected chi connectivity index (χ3v) is 6.68. The SMILES string of the molecule is O=c1c(C2=NS(=O)(=O)c3cnccc3N2)c(O)c2ccccc2n1CC1CCOC1. The molecule has 154 valence electrons. The molecule has 2 aromatic heterocycles. The number of nitrogens with zero attached hydrogens (tertiary/aromatic N) is 3. The number of amidine groups is 1. The van der Waals surface area contributed by atoms with Gasteiger partial charge in [0.1, 0.15) is 16.2 Å². The van der Waals surface area contributed by atoms with Crippen molar-refractivity contribution < 1.29 is 18.3 Å². The molecule has 2 N–H and O–H groups in total. The van der Waals surface area contributed by atoms with Crippen LogP contribution in [0.2, 0.25) is 0 Å². The Balaban J connectivity index is 1.74. The average Bonchev–Trinajstić information content (AvgIpc) is 3.24. The Morgan fingerprint density at radius 3 is 2.90 bits per heavy atom. The normalized spacial score (nSPS) is 19.9. The highest BCUT2D eigenvalue weighted by Gasteiger charge is 2.30. The van der Waals surface area contributed by atoms with Crippen molar-refractivity contribution in [1.29, 1.82) is 0 Å². The van der Waals surface area contributed by atoms with Crippen molar-refractivity contribution in [2.75, 3.05) is 18.5 Å². The van der Waals surface area contributed by atoms with Crippen molar-refractivity contribution in [3.8, 4) is 5.75 Å². The molecule has 1 atom stereocenters. The lowest BCUT2D eigenvalue weighted by molar-refractivity contribution is 0.182. The van der Waals surface area contributed by atoms with Gasteiger partial charge in [0.25, 0.3) is 15.6 Å². The van der Waals surface area contributed by atoms with E-state index in [4.69, 9.17) is 4.74 Å². The number of aromatic nitrogens is 2. The van der Waals surface area contributed by atoms with Gasteiger partial charge in [-0.15, -0.1) is 4.40 Å². The van der Waals surface area contributed by atoms with Crippen molar-refractivity contribution in [3.05, 3.63) is 58.6 Å². The van der Waals surface area contributed by atoms with Gasteiger partial charge in [-0.3, -0.25) is 9.78 Å². The smallest absolute Gasteiger partial charge is 0.287 e. The number of anilines is 1. The number of ether oxygens (including phenoxy) is 1. The predicted octanol–water partition coefficient (Wildman–Crippen LogP) is 1.70. The summed E-state index contributed by atoms with van der Waals surface area (Å²) in [6, 6.07) is 8.45. The Labute approximate surface area is 171 Å². The van der Waals surface area contributed by atoms with Gasteiger partial charge in [0, 0.05) is 36.8 Å². The molecular weight excluding hydrogens is 408 g/mol. The Bertz CT molecular complexity index is 1360. The topological polar surface area (TPSA) is 123 Å². The highest BCUT2D eigenvalue weighted by molar-refractivity contribution is 7.90. The fraction of sp³-hybridized carbons (Fsp3) is 0.250. The van der Waals surface area contributed by atoms with Crippen LogP contribution < -0.4 is 10.9 Å². The van der Waals surface area contributed by atoms with Gasteiger partial charge in [0.15, 0.2) is 5.84 Å². The molecule has 1 unspecified atom stereocenters. The first-order valence-electron chi connectivity index (χ1n) is 9.44. The zero-order valence-electron chi connectivity index (χ0n) is 15.8. The maximum Gasteiger partial charge on any atom is 0.287 e. The van der Waals surface area contributed by atoms with Crippen LogP contribution in [0.25, 0.3) is 10.9 Å². The lowest BCUT2D eigenvalue weighted by Crippen LogP contribution is -2.34. The van der Waals surface area contributed by atoms with Gasteiger partial charge in [0.05, 0.1) is 17.8 Å². The number of sulfonamides is 1. The molecule has 1 aromatic carbocycles. The molecule has 3 aromatic rings. The number of rotatable bonds is 3. The molecule has 0 bridgehead atoms. The molecule has 2 aliphatic rings. The molecule has 10 heteroatoms. The minimum atomic E-state index is -4.08.